The van der Waals surface area contributed by atoms with Crippen LogP contribution in [0.1, 0.15) is 39.7 Å². The number of alkyl halides is 3. The third kappa shape index (κ3) is 4.79. The fraction of sp³-hybridized carbons (Fsp3) is 0.368. The summed E-state index contributed by atoms with van der Waals surface area (Å²) in [6.07, 6.45) is -2.79. The van der Waals surface area contributed by atoms with Gasteiger partial charge in [-0.05, 0) is 19.4 Å². The molecule has 0 spiro atoms. The lowest BCUT2D eigenvalue weighted by molar-refractivity contribution is -0.153. The number of nitrogens with one attached hydrogen (secondary N) is 1. The molecule has 3 rings (SSSR count). The first-order chi connectivity index (χ1) is 14.7. The van der Waals surface area contributed by atoms with Gasteiger partial charge in [0.2, 0.25) is 0 Å². The van der Waals surface area contributed by atoms with Gasteiger partial charge in [0, 0.05) is 7.05 Å². The van der Waals surface area contributed by atoms with E-state index in [0.717, 1.165) is 11.3 Å². The maximum atomic E-state index is 12.8. The molecule has 0 saturated carbocycles. The topological polar surface area (TPSA) is 95.3 Å². The molecular formula is C19H19F3N4O4S. The Hall–Kier alpha value is -3.15. The quantitative estimate of drug-likeness (QED) is 0.541. The number of aromatic nitrogens is 3. The van der Waals surface area contributed by atoms with E-state index in [9.17, 15) is 22.8 Å². The molecule has 0 aliphatic rings. The maximum Gasteiger partial charge on any atom is 0.422 e. The zero-order chi connectivity index (χ0) is 22.8. The van der Waals surface area contributed by atoms with Gasteiger partial charge in [0.05, 0.1) is 35.1 Å². The second kappa shape index (κ2) is 8.92. The molecule has 0 atom stereocenters. The van der Waals surface area contributed by atoms with E-state index in [-0.39, 0.29) is 29.1 Å². The molecule has 3 aromatic heterocycles. The Balaban J connectivity index is 2.14. The zero-order valence-corrected chi connectivity index (χ0v) is 17.7. The maximum absolute atomic E-state index is 12.8. The second-order valence-corrected chi connectivity index (χ2v) is 7.27. The molecule has 0 fully saturated rings. The summed E-state index contributed by atoms with van der Waals surface area (Å²) < 4.78 is 49.8. The number of hydrogen-bond donors (Lipinski definition) is 1. The number of esters is 1. The fourth-order valence-corrected chi connectivity index (χ4v) is 3.48. The number of amides is 1. The molecule has 12 heteroatoms. The normalized spacial score (nSPS) is 11.5. The zero-order valence-electron chi connectivity index (χ0n) is 16.9. The lowest BCUT2D eigenvalue weighted by atomic mass is 10.2. The number of hydrogen-bond acceptors (Lipinski definition) is 7. The highest BCUT2D eigenvalue weighted by Crippen LogP contribution is 2.36. The van der Waals surface area contributed by atoms with E-state index in [1.807, 2.05) is 6.92 Å². The van der Waals surface area contributed by atoms with Crippen molar-refractivity contribution in [3.05, 3.63) is 34.0 Å². The van der Waals surface area contributed by atoms with Gasteiger partial charge in [0.1, 0.15) is 10.5 Å². The number of thiazole rings is 1. The second-order valence-electron chi connectivity index (χ2n) is 6.39. The van der Waals surface area contributed by atoms with Crippen LogP contribution in [0.2, 0.25) is 0 Å². The van der Waals surface area contributed by atoms with Crippen LogP contribution in [0.4, 0.5) is 18.9 Å². The van der Waals surface area contributed by atoms with Gasteiger partial charge < -0.3 is 19.4 Å². The minimum atomic E-state index is -4.62. The number of pyridine rings is 1. The molecule has 0 radical (unpaired) electrons. The van der Waals surface area contributed by atoms with E-state index in [1.54, 1.807) is 6.92 Å². The molecule has 1 amide bonds. The molecule has 31 heavy (non-hydrogen) atoms. The standard InChI is InChI=1S/C19H19F3N4O4S/c1-4-11-12(25-17(27)13-7-23-9-31-13)6-10-15(30-8-19(20,21)22)14(18(28)29-5-2)26(3)16(10)24-11/h6-7,9H,4-5,8H2,1-3H3,(H,25,27). The van der Waals surface area contributed by atoms with Crippen molar-refractivity contribution < 1.29 is 32.2 Å². The van der Waals surface area contributed by atoms with E-state index >= 15 is 0 Å². The predicted molar refractivity (Wildman–Crippen MR) is 108 cm³/mol. The predicted octanol–water partition coefficient (Wildman–Crippen LogP) is 3.96. The summed E-state index contributed by atoms with van der Waals surface area (Å²) in [5.74, 6) is -1.58. The third-order valence-electron chi connectivity index (χ3n) is 4.28. The van der Waals surface area contributed by atoms with Gasteiger partial charge in [-0.3, -0.25) is 9.78 Å². The minimum Gasteiger partial charge on any atom is -0.481 e. The molecule has 0 aromatic carbocycles. The highest BCUT2D eigenvalue weighted by atomic mass is 32.1. The van der Waals surface area contributed by atoms with Crippen LogP contribution >= 0.6 is 11.3 Å². The summed E-state index contributed by atoms with van der Waals surface area (Å²) in [7, 11) is 1.48. The van der Waals surface area contributed by atoms with Gasteiger partial charge in [-0.25, -0.2) is 9.78 Å². The van der Waals surface area contributed by atoms with E-state index in [1.165, 1.54) is 29.4 Å². The molecule has 166 valence electrons. The van der Waals surface area contributed by atoms with E-state index in [2.05, 4.69) is 15.3 Å². The Kier molecular flexibility index (Phi) is 6.48. The molecule has 0 aliphatic carbocycles. The van der Waals surface area contributed by atoms with Crippen molar-refractivity contribution in [2.45, 2.75) is 26.4 Å². The van der Waals surface area contributed by atoms with Crippen LogP contribution in [-0.4, -0.2) is 45.8 Å². The molecule has 1 N–H and O–H groups in total. The van der Waals surface area contributed by atoms with Gasteiger partial charge >= 0.3 is 12.1 Å². The minimum absolute atomic E-state index is 0.0306. The molecule has 0 bridgehead atoms. The van der Waals surface area contributed by atoms with Crippen molar-refractivity contribution in [2.75, 3.05) is 18.5 Å². The van der Waals surface area contributed by atoms with Crippen molar-refractivity contribution in [3.63, 3.8) is 0 Å². The van der Waals surface area contributed by atoms with Gasteiger partial charge in [-0.15, -0.1) is 11.3 Å². The summed E-state index contributed by atoms with van der Waals surface area (Å²) >= 11 is 1.14. The number of carbonyl (C=O) groups excluding carboxylic acids is 2. The van der Waals surface area contributed by atoms with Gasteiger partial charge in [-0.1, -0.05) is 6.92 Å². The SMILES string of the molecule is CCOC(=O)c1c(OCC(F)(F)F)c2cc(NC(=O)c3cncs3)c(CC)nc2n1C. The molecule has 0 aliphatic heterocycles. The van der Waals surface area contributed by atoms with Crippen LogP contribution in [0.25, 0.3) is 11.0 Å². The Morgan fingerprint density at radius 3 is 2.61 bits per heavy atom. The fourth-order valence-electron chi connectivity index (χ4n) is 2.97. The number of fused-ring (bicyclic) bond motifs is 1. The van der Waals surface area contributed by atoms with Gasteiger partial charge in [0.15, 0.2) is 18.1 Å². The molecule has 3 heterocycles. The van der Waals surface area contributed by atoms with Crippen LogP contribution in [0.3, 0.4) is 0 Å². The number of aryl methyl sites for hydroxylation is 2. The highest BCUT2D eigenvalue weighted by molar-refractivity contribution is 7.11. The summed E-state index contributed by atoms with van der Waals surface area (Å²) in [6.45, 7) is 1.82. The number of carbonyl (C=O) groups is 2. The lowest BCUT2D eigenvalue weighted by Crippen LogP contribution is -2.20. The first-order valence-electron chi connectivity index (χ1n) is 9.25. The van der Waals surface area contributed by atoms with Crippen molar-refractivity contribution in [3.8, 4) is 5.75 Å². The van der Waals surface area contributed by atoms with Gasteiger partial charge in [0.25, 0.3) is 5.91 Å². The summed E-state index contributed by atoms with van der Waals surface area (Å²) in [5.41, 5.74) is 2.33. The first-order valence-corrected chi connectivity index (χ1v) is 10.1. The van der Waals surface area contributed by atoms with Crippen LogP contribution in [-0.2, 0) is 18.2 Å². The lowest BCUT2D eigenvalue weighted by Gasteiger charge is -2.11. The molecule has 3 aromatic rings. The van der Waals surface area contributed by atoms with E-state index in [4.69, 9.17) is 9.47 Å². The first kappa shape index (κ1) is 22.5. The van der Waals surface area contributed by atoms with Crippen molar-refractivity contribution >= 4 is 39.9 Å². The Morgan fingerprint density at radius 1 is 1.29 bits per heavy atom. The van der Waals surface area contributed by atoms with Crippen LogP contribution in [0, 0.1) is 0 Å². The summed E-state index contributed by atoms with van der Waals surface area (Å²) in [5, 5.41) is 2.85. The van der Waals surface area contributed by atoms with Crippen LogP contribution < -0.4 is 10.1 Å². The number of halogens is 3. The van der Waals surface area contributed by atoms with E-state index in [0.29, 0.717) is 22.7 Å². The Labute approximate surface area is 179 Å². The molecule has 0 unspecified atom stereocenters. The van der Waals surface area contributed by atoms with Crippen molar-refractivity contribution in [2.24, 2.45) is 7.05 Å². The Bertz CT molecular complexity index is 1110. The molecule has 8 nitrogen and oxygen atoms in total. The number of anilines is 1. The number of rotatable bonds is 7. The number of ether oxygens (including phenoxy) is 2. The van der Waals surface area contributed by atoms with E-state index < -0.39 is 24.7 Å². The average Bonchev–Trinajstić information content (AvgIpc) is 3.32. The number of nitrogens with zero attached hydrogens (tertiary/aromatic N) is 3. The molecular weight excluding hydrogens is 437 g/mol. The smallest absolute Gasteiger partial charge is 0.422 e. The van der Waals surface area contributed by atoms with Crippen molar-refractivity contribution in [1.29, 1.82) is 0 Å². The van der Waals surface area contributed by atoms with Crippen LogP contribution in [0.15, 0.2) is 17.8 Å². The highest BCUT2D eigenvalue weighted by Gasteiger charge is 2.32. The monoisotopic (exact) mass is 456 g/mol. The Morgan fingerprint density at radius 2 is 2.03 bits per heavy atom. The molecule has 0 saturated heterocycles. The van der Waals surface area contributed by atoms with Gasteiger partial charge in [-0.2, -0.15) is 13.2 Å². The van der Waals surface area contributed by atoms with Crippen molar-refractivity contribution in [1.82, 2.24) is 14.5 Å². The van der Waals surface area contributed by atoms with Crippen LogP contribution in [0.5, 0.6) is 5.75 Å². The average molecular weight is 456 g/mol. The third-order valence-corrected chi connectivity index (χ3v) is 5.05. The largest absolute Gasteiger partial charge is 0.481 e. The summed E-state index contributed by atoms with van der Waals surface area (Å²) in [6, 6.07) is 1.45. The summed E-state index contributed by atoms with van der Waals surface area (Å²) in [4.78, 5) is 33.6.